The second kappa shape index (κ2) is 6.96. The Hall–Kier alpha value is -0.820. The van der Waals surface area contributed by atoms with E-state index >= 15 is 0 Å². The van der Waals surface area contributed by atoms with Crippen LogP contribution < -0.4 is 5.32 Å². The number of carbonyl (C=O) groups excluding carboxylic acids is 1. The van der Waals surface area contributed by atoms with Gasteiger partial charge in [0.1, 0.15) is 5.54 Å². The molecule has 1 rings (SSSR count). The molecule has 7 heteroatoms. The van der Waals surface area contributed by atoms with Gasteiger partial charge in [-0.2, -0.15) is 13.2 Å². The lowest BCUT2D eigenvalue weighted by Gasteiger charge is -2.39. The van der Waals surface area contributed by atoms with Crippen molar-refractivity contribution in [1.82, 2.24) is 10.2 Å². The lowest BCUT2D eigenvalue weighted by atomic mass is 9.94. The molecule has 1 aliphatic rings. The quantitative estimate of drug-likeness (QED) is 0.791. The molecule has 124 valence electrons. The largest absolute Gasteiger partial charge is 0.468 e. The number of esters is 1. The number of piperidine rings is 1. The van der Waals surface area contributed by atoms with Gasteiger partial charge in [0.05, 0.1) is 13.0 Å². The van der Waals surface area contributed by atoms with Gasteiger partial charge >= 0.3 is 12.1 Å². The van der Waals surface area contributed by atoms with E-state index in [0.717, 1.165) is 0 Å². The average Bonchev–Trinajstić information content (AvgIpc) is 2.36. The fourth-order valence-electron chi connectivity index (χ4n) is 2.95. The Bertz CT molecular complexity index is 361. The molecular weight excluding hydrogens is 285 g/mol. The van der Waals surface area contributed by atoms with E-state index in [2.05, 4.69) is 5.32 Å². The van der Waals surface area contributed by atoms with E-state index in [1.54, 1.807) is 11.8 Å². The number of alkyl halides is 3. The molecule has 0 aromatic rings. The van der Waals surface area contributed by atoms with Crippen molar-refractivity contribution in [3.05, 3.63) is 0 Å². The van der Waals surface area contributed by atoms with Crippen LogP contribution in [0.5, 0.6) is 0 Å². The molecule has 0 spiro atoms. The number of methoxy groups -OCH3 is 1. The second-order valence-corrected chi connectivity index (χ2v) is 6.24. The second-order valence-electron chi connectivity index (χ2n) is 6.24. The van der Waals surface area contributed by atoms with Gasteiger partial charge < -0.3 is 9.64 Å². The maximum atomic E-state index is 12.8. The topological polar surface area (TPSA) is 41.6 Å². The minimum absolute atomic E-state index is 0.0253. The highest BCUT2D eigenvalue weighted by atomic mass is 19.4. The summed E-state index contributed by atoms with van der Waals surface area (Å²) in [5, 5.41) is 3.11. The number of nitrogens with zero attached hydrogens (tertiary/aromatic N) is 1. The molecule has 1 heterocycles. The standard InChI is InChI=1S/C14H25F3N2O2/c1-10(2)18-13(3,12(20)21-4)9-19-7-5-6-11(8-19)14(15,16)17/h10-11,18H,5-9H2,1-4H3. The normalized spacial score (nSPS) is 23.9. The number of ether oxygens (including phenoxy) is 1. The highest BCUT2D eigenvalue weighted by Crippen LogP contribution is 2.33. The predicted molar refractivity (Wildman–Crippen MR) is 73.9 cm³/mol. The zero-order chi connectivity index (χ0) is 16.3. The molecule has 0 radical (unpaired) electrons. The van der Waals surface area contributed by atoms with E-state index in [4.69, 9.17) is 4.74 Å². The minimum atomic E-state index is -4.17. The first-order chi connectivity index (χ1) is 9.58. The molecule has 0 amide bonds. The van der Waals surface area contributed by atoms with Crippen LogP contribution in [0.2, 0.25) is 0 Å². The summed E-state index contributed by atoms with van der Waals surface area (Å²) in [6.45, 7) is 6.17. The minimum Gasteiger partial charge on any atom is -0.468 e. The summed E-state index contributed by atoms with van der Waals surface area (Å²) in [6.07, 6.45) is -3.53. The lowest BCUT2D eigenvalue weighted by Crippen LogP contribution is -2.60. The van der Waals surface area contributed by atoms with E-state index < -0.39 is 23.6 Å². The summed E-state index contributed by atoms with van der Waals surface area (Å²) in [5.41, 5.74) is -1.00. The third-order valence-electron chi connectivity index (χ3n) is 3.75. The van der Waals surface area contributed by atoms with E-state index in [0.29, 0.717) is 13.0 Å². The van der Waals surface area contributed by atoms with E-state index in [1.807, 2.05) is 13.8 Å². The fraction of sp³-hybridized carbons (Fsp3) is 0.929. The van der Waals surface area contributed by atoms with Crippen LogP contribution >= 0.6 is 0 Å². The summed E-state index contributed by atoms with van der Waals surface area (Å²) >= 11 is 0. The molecule has 1 aliphatic heterocycles. The molecule has 0 aliphatic carbocycles. The van der Waals surface area contributed by atoms with Crippen LogP contribution in [0.3, 0.4) is 0 Å². The molecule has 21 heavy (non-hydrogen) atoms. The van der Waals surface area contributed by atoms with Crippen molar-refractivity contribution in [2.75, 3.05) is 26.7 Å². The predicted octanol–water partition coefficient (Wildman–Crippen LogP) is 2.19. The molecule has 2 unspecified atom stereocenters. The zero-order valence-electron chi connectivity index (χ0n) is 13.1. The molecule has 1 saturated heterocycles. The van der Waals surface area contributed by atoms with Crippen molar-refractivity contribution in [3.63, 3.8) is 0 Å². The van der Waals surface area contributed by atoms with Crippen LogP contribution in [0, 0.1) is 5.92 Å². The Morgan fingerprint density at radius 2 is 2.05 bits per heavy atom. The van der Waals surface area contributed by atoms with Crippen molar-refractivity contribution in [1.29, 1.82) is 0 Å². The SMILES string of the molecule is COC(=O)C(C)(CN1CCCC(C(F)(F)F)C1)NC(C)C. The van der Waals surface area contributed by atoms with Gasteiger partial charge in [-0.05, 0) is 40.2 Å². The smallest absolute Gasteiger partial charge is 0.393 e. The molecule has 0 saturated carbocycles. The van der Waals surface area contributed by atoms with Crippen LogP contribution in [-0.2, 0) is 9.53 Å². The van der Waals surface area contributed by atoms with Crippen LogP contribution in [0.4, 0.5) is 13.2 Å². The molecule has 1 fully saturated rings. The van der Waals surface area contributed by atoms with Crippen LogP contribution in [-0.4, -0.2) is 55.4 Å². The first-order valence-electron chi connectivity index (χ1n) is 7.23. The molecular formula is C14H25F3N2O2. The van der Waals surface area contributed by atoms with Crippen LogP contribution in [0.1, 0.15) is 33.6 Å². The maximum absolute atomic E-state index is 12.8. The molecule has 2 atom stereocenters. The Morgan fingerprint density at radius 3 is 2.52 bits per heavy atom. The zero-order valence-corrected chi connectivity index (χ0v) is 13.1. The highest BCUT2D eigenvalue weighted by Gasteiger charge is 2.44. The van der Waals surface area contributed by atoms with Gasteiger partial charge in [-0.25, -0.2) is 0 Å². The molecule has 0 bridgehead atoms. The number of halogens is 3. The van der Waals surface area contributed by atoms with E-state index in [1.165, 1.54) is 7.11 Å². The number of rotatable bonds is 5. The van der Waals surface area contributed by atoms with Gasteiger partial charge in [0.2, 0.25) is 0 Å². The van der Waals surface area contributed by atoms with Gasteiger partial charge in [-0.1, -0.05) is 0 Å². The van der Waals surface area contributed by atoms with Gasteiger partial charge in [0.25, 0.3) is 0 Å². The van der Waals surface area contributed by atoms with Crippen molar-refractivity contribution in [2.45, 2.75) is 51.4 Å². The van der Waals surface area contributed by atoms with Crippen molar-refractivity contribution in [3.8, 4) is 0 Å². The number of hydrogen-bond acceptors (Lipinski definition) is 4. The third-order valence-corrected chi connectivity index (χ3v) is 3.75. The number of carbonyl (C=O) groups is 1. The first kappa shape index (κ1) is 18.2. The number of hydrogen-bond donors (Lipinski definition) is 1. The van der Waals surface area contributed by atoms with E-state index in [-0.39, 0.29) is 25.6 Å². The summed E-state index contributed by atoms with van der Waals surface area (Å²) in [4.78, 5) is 13.7. The Balaban J connectivity index is 2.77. The fourth-order valence-corrected chi connectivity index (χ4v) is 2.95. The Morgan fingerprint density at radius 1 is 1.43 bits per heavy atom. The highest BCUT2D eigenvalue weighted by molar-refractivity contribution is 5.80. The molecule has 1 N–H and O–H groups in total. The summed E-state index contributed by atoms with van der Waals surface area (Å²) in [6, 6.07) is 0.0253. The van der Waals surface area contributed by atoms with Gasteiger partial charge in [0, 0.05) is 19.1 Å². The van der Waals surface area contributed by atoms with Gasteiger partial charge in [0.15, 0.2) is 0 Å². The molecule has 0 aromatic heterocycles. The van der Waals surface area contributed by atoms with Crippen molar-refractivity contribution < 1.29 is 22.7 Å². The van der Waals surface area contributed by atoms with Crippen molar-refractivity contribution >= 4 is 5.97 Å². The van der Waals surface area contributed by atoms with Crippen LogP contribution in [0.15, 0.2) is 0 Å². The first-order valence-corrected chi connectivity index (χ1v) is 7.23. The van der Waals surface area contributed by atoms with Gasteiger partial charge in [-0.15, -0.1) is 0 Å². The monoisotopic (exact) mass is 310 g/mol. The maximum Gasteiger partial charge on any atom is 0.393 e. The summed E-state index contributed by atoms with van der Waals surface area (Å²) < 4.78 is 43.3. The van der Waals surface area contributed by atoms with Crippen LogP contribution in [0.25, 0.3) is 0 Å². The Kier molecular flexibility index (Phi) is 6.04. The third kappa shape index (κ3) is 5.14. The Labute approximate surface area is 124 Å². The van der Waals surface area contributed by atoms with Crippen molar-refractivity contribution in [2.24, 2.45) is 5.92 Å². The van der Waals surface area contributed by atoms with E-state index in [9.17, 15) is 18.0 Å². The summed E-state index contributed by atoms with van der Waals surface area (Å²) in [5.74, 6) is -1.77. The number of likely N-dealkylation sites (tertiary alicyclic amines) is 1. The summed E-state index contributed by atoms with van der Waals surface area (Å²) in [7, 11) is 1.29. The molecule has 0 aromatic carbocycles. The van der Waals surface area contributed by atoms with Gasteiger partial charge in [-0.3, -0.25) is 10.1 Å². The average molecular weight is 310 g/mol. The molecule has 4 nitrogen and oxygen atoms in total. The lowest BCUT2D eigenvalue weighted by molar-refractivity contribution is -0.187. The number of nitrogens with one attached hydrogen (secondary N) is 1.